The van der Waals surface area contributed by atoms with E-state index in [1.165, 1.54) is 11.4 Å². The van der Waals surface area contributed by atoms with Crippen LogP contribution in [0.3, 0.4) is 0 Å². The molecule has 0 aliphatic carbocycles. The molecule has 0 radical (unpaired) electrons. The average molecular weight is 557 g/mol. The lowest BCUT2D eigenvalue weighted by Crippen LogP contribution is -2.13. The van der Waals surface area contributed by atoms with Crippen LogP contribution in [0.4, 0.5) is 18.3 Å². The second-order valence-corrected chi connectivity index (χ2v) is 10.1. The minimum atomic E-state index is -4.63. The van der Waals surface area contributed by atoms with Crippen molar-refractivity contribution < 1.29 is 21.6 Å². The quantitative estimate of drug-likeness (QED) is 0.333. The maximum Gasteiger partial charge on any atom is 0.416 e. The van der Waals surface area contributed by atoms with Crippen LogP contribution in [0, 0.1) is 0 Å². The Morgan fingerprint density at radius 3 is 2.10 bits per heavy atom. The lowest BCUT2D eigenvalue weighted by atomic mass is 10.1. The number of aromatic nitrogens is 1. The number of hydrogen-bond donors (Lipinski definition) is 1. The highest BCUT2D eigenvalue weighted by Gasteiger charge is 2.32. The topological polar surface area (TPSA) is 59.1 Å². The van der Waals surface area contributed by atoms with E-state index in [9.17, 15) is 21.6 Å². The Hall–Kier alpha value is -0.940. The van der Waals surface area contributed by atoms with Crippen molar-refractivity contribution in [2.75, 3.05) is 4.72 Å². The van der Waals surface area contributed by atoms with Gasteiger partial charge in [0.2, 0.25) is 0 Å². The third kappa shape index (κ3) is 4.77. The third-order valence-electron chi connectivity index (χ3n) is 3.64. The monoisotopic (exact) mass is 554 g/mol. The maximum absolute atomic E-state index is 12.9. The lowest BCUT2D eigenvalue weighted by molar-refractivity contribution is -0.137. The molecule has 3 rings (SSSR count). The summed E-state index contributed by atoms with van der Waals surface area (Å²) in [5.74, 6) is 0. The second kappa shape index (κ2) is 8.54. The number of anilines is 1. The molecule has 3 aromatic rings. The van der Waals surface area contributed by atoms with Gasteiger partial charge in [-0.25, -0.2) is 13.4 Å². The molecular formula is C16H6Cl5F3N2O2S2. The third-order valence-corrected chi connectivity index (χ3v) is 7.91. The van der Waals surface area contributed by atoms with Gasteiger partial charge >= 0.3 is 6.18 Å². The van der Waals surface area contributed by atoms with Crippen LogP contribution in [0.15, 0.2) is 34.5 Å². The summed E-state index contributed by atoms with van der Waals surface area (Å²) in [5, 5.41) is 0.368. The van der Waals surface area contributed by atoms with Gasteiger partial charge in [-0.2, -0.15) is 13.2 Å². The fourth-order valence-corrected chi connectivity index (χ4v) is 5.92. The zero-order chi connectivity index (χ0) is 22.4. The maximum atomic E-state index is 12.9. The highest BCUT2D eigenvalue weighted by Crippen LogP contribution is 2.42. The molecule has 30 heavy (non-hydrogen) atoms. The van der Waals surface area contributed by atoms with Crippen LogP contribution >= 0.6 is 69.3 Å². The summed E-state index contributed by atoms with van der Waals surface area (Å²) >= 11 is 30.4. The first-order valence-corrected chi connectivity index (χ1v) is 11.7. The number of nitrogens with one attached hydrogen (secondary N) is 1. The molecule has 0 bridgehead atoms. The predicted molar refractivity (Wildman–Crippen MR) is 115 cm³/mol. The number of nitrogens with zero attached hydrogens (tertiary/aromatic N) is 1. The van der Waals surface area contributed by atoms with Crippen LogP contribution in [0.1, 0.15) is 5.56 Å². The van der Waals surface area contributed by atoms with E-state index in [0.717, 1.165) is 17.4 Å². The van der Waals surface area contributed by atoms with Gasteiger partial charge < -0.3 is 0 Å². The molecule has 0 aliphatic heterocycles. The Labute approximate surface area is 197 Å². The molecule has 0 amide bonds. The van der Waals surface area contributed by atoms with Gasteiger partial charge in [0.1, 0.15) is 4.90 Å². The van der Waals surface area contributed by atoms with Crippen molar-refractivity contribution in [1.29, 1.82) is 0 Å². The number of sulfonamides is 1. The number of alkyl halides is 3. The van der Waals surface area contributed by atoms with Gasteiger partial charge in [-0.05, 0) is 24.3 Å². The number of thiazole rings is 1. The van der Waals surface area contributed by atoms with Crippen molar-refractivity contribution in [1.82, 2.24) is 4.98 Å². The summed E-state index contributed by atoms with van der Waals surface area (Å²) in [4.78, 5) is 3.72. The van der Waals surface area contributed by atoms with Crippen molar-refractivity contribution in [2.24, 2.45) is 0 Å². The predicted octanol–water partition coefficient (Wildman–Crippen LogP) is 7.90. The summed E-state index contributed by atoms with van der Waals surface area (Å²) in [6.45, 7) is 0. The molecule has 0 aliphatic rings. The molecule has 1 N–H and O–H groups in total. The Kier molecular flexibility index (Phi) is 6.75. The number of halogens is 8. The van der Waals surface area contributed by atoms with Gasteiger partial charge in [0.05, 0.1) is 36.4 Å². The molecule has 0 unspecified atom stereocenters. The zero-order valence-electron chi connectivity index (χ0n) is 14.0. The first kappa shape index (κ1) is 23.7. The normalized spacial score (nSPS) is 12.3. The van der Waals surface area contributed by atoms with E-state index in [-0.39, 0.29) is 46.4 Å². The van der Waals surface area contributed by atoms with Gasteiger partial charge in [-0.3, -0.25) is 4.72 Å². The van der Waals surface area contributed by atoms with Crippen LogP contribution < -0.4 is 4.72 Å². The smallest absolute Gasteiger partial charge is 0.255 e. The molecule has 0 fully saturated rings. The molecule has 0 saturated carbocycles. The van der Waals surface area contributed by atoms with E-state index in [1.54, 1.807) is 0 Å². The minimum Gasteiger partial charge on any atom is -0.255 e. The molecule has 160 valence electrons. The van der Waals surface area contributed by atoms with Gasteiger partial charge in [0.15, 0.2) is 5.13 Å². The fourth-order valence-electron chi connectivity index (χ4n) is 2.30. The highest BCUT2D eigenvalue weighted by molar-refractivity contribution is 7.93. The van der Waals surface area contributed by atoms with Gasteiger partial charge in [0.25, 0.3) is 10.0 Å². The van der Waals surface area contributed by atoms with E-state index in [0.29, 0.717) is 12.1 Å². The molecule has 1 aromatic heterocycles. The number of rotatable bonds is 4. The molecule has 1 heterocycles. The van der Waals surface area contributed by atoms with Crippen LogP contribution in [0.5, 0.6) is 0 Å². The van der Waals surface area contributed by atoms with Crippen molar-refractivity contribution in [3.05, 3.63) is 60.3 Å². The Bertz CT molecular complexity index is 1220. The Morgan fingerprint density at radius 1 is 0.933 bits per heavy atom. The van der Waals surface area contributed by atoms with Crippen molar-refractivity contribution in [3.8, 4) is 11.3 Å². The van der Waals surface area contributed by atoms with Crippen molar-refractivity contribution in [2.45, 2.75) is 11.1 Å². The van der Waals surface area contributed by atoms with E-state index < -0.39 is 21.8 Å². The number of hydrogen-bond acceptors (Lipinski definition) is 4. The zero-order valence-corrected chi connectivity index (χ0v) is 19.4. The van der Waals surface area contributed by atoms with Gasteiger partial charge in [-0.15, -0.1) is 11.3 Å². The Morgan fingerprint density at radius 2 is 1.53 bits per heavy atom. The molecule has 0 atom stereocenters. The first-order valence-electron chi connectivity index (χ1n) is 7.49. The van der Waals surface area contributed by atoms with Crippen LogP contribution in [-0.2, 0) is 16.2 Å². The van der Waals surface area contributed by atoms with Gasteiger partial charge in [0, 0.05) is 10.9 Å². The summed E-state index contributed by atoms with van der Waals surface area (Å²) < 4.78 is 66.1. The van der Waals surface area contributed by atoms with Gasteiger partial charge in [-0.1, -0.05) is 58.0 Å². The molecule has 2 aromatic carbocycles. The van der Waals surface area contributed by atoms with E-state index in [4.69, 9.17) is 58.0 Å². The second-order valence-electron chi connectivity index (χ2n) is 5.63. The molecule has 0 saturated heterocycles. The molecular weight excluding hydrogens is 551 g/mol. The largest absolute Gasteiger partial charge is 0.416 e. The summed E-state index contributed by atoms with van der Waals surface area (Å²) in [7, 11) is -4.19. The summed E-state index contributed by atoms with van der Waals surface area (Å²) in [6, 6.07) is 3.85. The van der Waals surface area contributed by atoms with Crippen LogP contribution in [-0.4, -0.2) is 13.4 Å². The molecule has 4 nitrogen and oxygen atoms in total. The highest BCUT2D eigenvalue weighted by atomic mass is 35.5. The standard InChI is InChI=1S/C16H6Cl5F3N2O2S2/c17-7-1-2-11(14(21)13(7)20)30(27,28)26-15-25-10(5-29-15)12-8(18)3-6(4-9(12)19)16(22,23)24/h1-5H,(H,25,26). The molecule has 0 spiro atoms. The summed E-state index contributed by atoms with van der Waals surface area (Å²) in [6.07, 6.45) is -4.63. The number of benzene rings is 2. The minimum absolute atomic E-state index is 0.0283. The van der Waals surface area contributed by atoms with E-state index in [2.05, 4.69) is 9.71 Å². The lowest BCUT2D eigenvalue weighted by Gasteiger charge is -2.11. The fraction of sp³-hybridized carbons (Fsp3) is 0.0625. The van der Waals surface area contributed by atoms with E-state index in [1.807, 2.05) is 0 Å². The van der Waals surface area contributed by atoms with Crippen molar-refractivity contribution in [3.63, 3.8) is 0 Å². The van der Waals surface area contributed by atoms with Crippen molar-refractivity contribution >= 4 is 84.5 Å². The molecule has 14 heteroatoms. The van der Waals surface area contributed by atoms with E-state index >= 15 is 0 Å². The average Bonchev–Trinajstić information content (AvgIpc) is 3.05. The van der Waals surface area contributed by atoms with Crippen LogP contribution in [0.2, 0.25) is 25.1 Å². The Balaban J connectivity index is 1.95. The SMILES string of the molecule is O=S(=O)(Nc1nc(-c2c(Cl)cc(C(F)(F)F)cc2Cl)cs1)c1ccc(Cl)c(Cl)c1Cl. The summed E-state index contributed by atoms with van der Waals surface area (Å²) in [5.41, 5.74) is -0.908. The van der Waals surface area contributed by atoms with Crippen LogP contribution in [0.25, 0.3) is 11.3 Å². The first-order chi connectivity index (χ1) is 13.8.